The molecule has 3 heteroatoms. The average Bonchev–Trinajstić information content (AvgIpc) is 3.09. The van der Waals surface area contributed by atoms with Crippen LogP contribution in [-0.4, -0.2) is 18.8 Å². The molecule has 1 nitrogen and oxygen atoms in total. The summed E-state index contributed by atoms with van der Waals surface area (Å²) in [6.45, 7) is 0.755. The van der Waals surface area contributed by atoms with Crippen LogP contribution in [0, 0.1) is 0 Å². The van der Waals surface area contributed by atoms with E-state index in [-0.39, 0.29) is 0 Å². The molecule has 0 spiro atoms. The third kappa shape index (κ3) is 2.58. The maximum Gasteiger partial charge on any atom is 0.193 e. The van der Waals surface area contributed by atoms with Crippen LogP contribution in [0.15, 0.2) is 60.7 Å². The molecule has 1 heterocycles. The first-order valence-corrected chi connectivity index (χ1v) is 7.40. The van der Waals surface area contributed by atoms with Gasteiger partial charge >= 0.3 is 0 Å². The van der Waals surface area contributed by atoms with Gasteiger partial charge in [-0.15, -0.1) is 0 Å². The molecular formula is C18H19F2N. The molecule has 21 heavy (non-hydrogen) atoms. The molecule has 3 rings (SSSR count). The summed E-state index contributed by atoms with van der Waals surface area (Å²) in [4.78, 5) is 0. The third-order valence-electron chi connectivity index (χ3n) is 4.22. The Morgan fingerprint density at radius 3 is 1.90 bits per heavy atom. The Morgan fingerprint density at radius 2 is 1.48 bits per heavy atom. The number of hydrogen-bond donors (Lipinski definition) is 1. The van der Waals surface area contributed by atoms with Gasteiger partial charge in [-0.2, -0.15) is 0 Å². The number of alkyl halides is 2. The van der Waals surface area contributed by atoms with E-state index in [1.807, 2.05) is 12.1 Å². The maximum atomic E-state index is 15.9. The van der Waals surface area contributed by atoms with E-state index in [4.69, 9.17) is 0 Å². The molecular weight excluding hydrogens is 268 g/mol. The van der Waals surface area contributed by atoms with Crippen LogP contribution in [0.3, 0.4) is 0 Å². The minimum Gasteiger partial charge on any atom is -0.311 e. The van der Waals surface area contributed by atoms with E-state index in [0.29, 0.717) is 17.5 Å². The van der Waals surface area contributed by atoms with Crippen molar-refractivity contribution < 1.29 is 8.78 Å². The monoisotopic (exact) mass is 287 g/mol. The molecule has 1 aliphatic rings. The Bertz CT molecular complexity index is 525. The second-order valence-corrected chi connectivity index (χ2v) is 5.55. The zero-order valence-electron chi connectivity index (χ0n) is 11.8. The highest BCUT2D eigenvalue weighted by Crippen LogP contribution is 2.41. The first kappa shape index (κ1) is 14.2. The summed E-state index contributed by atoms with van der Waals surface area (Å²) in [5.41, 5.74) is -1.38. The van der Waals surface area contributed by atoms with Gasteiger partial charge in [0.15, 0.2) is 11.8 Å². The standard InChI is InChI=1S/C18H19F2N/c19-17(16-12-7-13-21-16)18(20,14-8-3-1-4-9-14)15-10-5-2-6-11-15/h1-6,8-11,16-17,21H,7,12-13H2/t16-,17-/m0/s1. The fraction of sp³-hybridized carbons (Fsp3) is 0.333. The number of nitrogens with one attached hydrogen (secondary N) is 1. The summed E-state index contributed by atoms with van der Waals surface area (Å²) in [6.07, 6.45) is -0.0400. The Balaban J connectivity index is 2.06. The quantitative estimate of drug-likeness (QED) is 0.896. The zero-order valence-corrected chi connectivity index (χ0v) is 11.8. The van der Waals surface area contributed by atoms with Crippen LogP contribution in [-0.2, 0) is 5.67 Å². The van der Waals surface area contributed by atoms with Crippen molar-refractivity contribution in [3.63, 3.8) is 0 Å². The number of halogens is 2. The minimum atomic E-state index is -2.12. The van der Waals surface area contributed by atoms with E-state index >= 15 is 8.78 Å². The van der Waals surface area contributed by atoms with Crippen molar-refractivity contribution in [1.82, 2.24) is 5.32 Å². The molecule has 1 saturated heterocycles. The number of benzene rings is 2. The van der Waals surface area contributed by atoms with Gasteiger partial charge in [0.25, 0.3) is 0 Å². The molecule has 2 aromatic rings. The first-order chi connectivity index (χ1) is 10.2. The van der Waals surface area contributed by atoms with Crippen molar-refractivity contribution in [2.45, 2.75) is 30.7 Å². The maximum absolute atomic E-state index is 15.9. The highest BCUT2D eigenvalue weighted by atomic mass is 19.2. The normalized spacial score (nSPS) is 20.4. The summed E-state index contributed by atoms with van der Waals surface area (Å²) < 4.78 is 31.0. The molecule has 0 unspecified atom stereocenters. The van der Waals surface area contributed by atoms with Gasteiger partial charge in [0.2, 0.25) is 0 Å². The first-order valence-electron chi connectivity index (χ1n) is 7.40. The lowest BCUT2D eigenvalue weighted by molar-refractivity contribution is 0.0614. The summed E-state index contributed by atoms with van der Waals surface area (Å²) in [5.74, 6) is 0. The lowest BCUT2D eigenvalue weighted by atomic mass is 9.81. The molecule has 0 aliphatic carbocycles. The predicted molar refractivity (Wildman–Crippen MR) is 80.7 cm³/mol. The van der Waals surface area contributed by atoms with Crippen LogP contribution in [0.1, 0.15) is 24.0 Å². The van der Waals surface area contributed by atoms with E-state index in [1.54, 1.807) is 48.5 Å². The predicted octanol–water partition coefficient (Wildman–Crippen LogP) is 3.99. The molecule has 0 bridgehead atoms. The van der Waals surface area contributed by atoms with Gasteiger partial charge in [-0.3, -0.25) is 0 Å². The Morgan fingerprint density at radius 1 is 0.952 bits per heavy atom. The van der Waals surface area contributed by atoms with Crippen LogP contribution in [0.2, 0.25) is 0 Å². The van der Waals surface area contributed by atoms with Crippen molar-refractivity contribution in [1.29, 1.82) is 0 Å². The van der Waals surface area contributed by atoms with Gasteiger partial charge in [0, 0.05) is 6.04 Å². The van der Waals surface area contributed by atoms with E-state index in [0.717, 1.165) is 13.0 Å². The Kier molecular flexibility index (Phi) is 4.02. The molecule has 1 aliphatic heterocycles. The van der Waals surface area contributed by atoms with Gasteiger partial charge in [-0.1, -0.05) is 60.7 Å². The minimum absolute atomic E-state index is 0.373. The molecule has 1 N–H and O–H groups in total. The fourth-order valence-electron chi connectivity index (χ4n) is 3.09. The molecule has 2 atom stereocenters. The van der Waals surface area contributed by atoms with Crippen molar-refractivity contribution >= 4 is 0 Å². The lowest BCUT2D eigenvalue weighted by Gasteiger charge is -2.33. The summed E-state index contributed by atoms with van der Waals surface area (Å²) in [5, 5.41) is 3.09. The van der Waals surface area contributed by atoms with Crippen LogP contribution in [0.4, 0.5) is 8.78 Å². The van der Waals surface area contributed by atoms with Crippen molar-refractivity contribution in [3.05, 3.63) is 71.8 Å². The molecule has 0 saturated carbocycles. The topological polar surface area (TPSA) is 12.0 Å². The van der Waals surface area contributed by atoms with Gasteiger partial charge in [-0.05, 0) is 30.5 Å². The average molecular weight is 287 g/mol. The second-order valence-electron chi connectivity index (χ2n) is 5.55. The van der Waals surface area contributed by atoms with Crippen molar-refractivity contribution in [2.75, 3.05) is 6.54 Å². The van der Waals surface area contributed by atoms with Crippen molar-refractivity contribution in [3.8, 4) is 0 Å². The van der Waals surface area contributed by atoms with Crippen molar-refractivity contribution in [2.24, 2.45) is 0 Å². The SMILES string of the molecule is F[C@@H]([C@@H]1CCCN1)C(F)(c1ccccc1)c1ccccc1. The van der Waals surface area contributed by atoms with Gasteiger partial charge in [0.1, 0.15) is 0 Å². The molecule has 0 amide bonds. The number of rotatable bonds is 4. The smallest absolute Gasteiger partial charge is 0.193 e. The Hall–Kier alpha value is -1.74. The van der Waals surface area contributed by atoms with Crippen LogP contribution < -0.4 is 5.32 Å². The molecule has 0 radical (unpaired) electrons. The van der Waals surface area contributed by atoms with E-state index < -0.39 is 17.9 Å². The lowest BCUT2D eigenvalue weighted by Crippen LogP contribution is -2.45. The van der Waals surface area contributed by atoms with Gasteiger partial charge < -0.3 is 5.32 Å². The van der Waals surface area contributed by atoms with E-state index in [2.05, 4.69) is 5.32 Å². The third-order valence-corrected chi connectivity index (χ3v) is 4.22. The van der Waals surface area contributed by atoms with Crippen LogP contribution in [0.5, 0.6) is 0 Å². The summed E-state index contributed by atoms with van der Waals surface area (Å²) in [7, 11) is 0. The molecule has 110 valence electrons. The summed E-state index contributed by atoms with van der Waals surface area (Å²) in [6, 6.07) is 16.8. The molecule has 0 aromatic heterocycles. The van der Waals surface area contributed by atoms with Gasteiger partial charge in [0.05, 0.1) is 0 Å². The zero-order chi connectivity index (χ0) is 14.7. The number of hydrogen-bond acceptors (Lipinski definition) is 1. The summed E-state index contributed by atoms with van der Waals surface area (Å²) >= 11 is 0. The highest BCUT2D eigenvalue weighted by molar-refractivity contribution is 5.38. The van der Waals surface area contributed by atoms with Crippen LogP contribution in [0.25, 0.3) is 0 Å². The molecule has 1 fully saturated rings. The second kappa shape index (κ2) is 5.94. The largest absolute Gasteiger partial charge is 0.311 e. The fourth-order valence-corrected chi connectivity index (χ4v) is 3.09. The van der Waals surface area contributed by atoms with Gasteiger partial charge in [-0.25, -0.2) is 8.78 Å². The van der Waals surface area contributed by atoms with E-state index in [9.17, 15) is 0 Å². The molecule has 2 aromatic carbocycles. The van der Waals surface area contributed by atoms with Crippen LogP contribution >= 0.6 is 0 Å². The Labute approximate surface area is 124 Å². The highest BCUT2D eigenvalue weighted by Gasteiger charge is 2.47. The van der Waals surface area contributed by atoms with E-state index in [1.165, 1.54) is 0 Å².